The monoisotopic (exact) mass is 278 g/mol. The lowest BCUT2D eigenvalue weighted by molar-refractivity contribution is 0.328. The molecule has 1 fully saturated rings. The zero-order chi connectivity index (χ0) is 13.2. The van der Waals surface area contributed by atoms with Gasteiger partial charge < -0.3 is 15.6 Å². The normalized spacial score (nSPS) is 20.6. The Morgan fingerprint density at radius 2 is 2.37 bits per heavy atom. The fraction of sp³-hybridized carbons (Fsp3) is 0.385. The number of hydrogen-bond donors (Lipinski definition) is 2. The van der Waals surface area contributed by atoms with Gasteiger partial charge in [-0.1, -0.05) is 28.9 Å². The molecule has 1 aromatic heterocycles. The van der Waals surface area contributed by atoms with Crippen LogP contribution in [0.3, 0.4) is 0 Å². The number of aromatic nitrogens is 2. The maximum Gasteiger partial charge on any atom is 0.245 e. The SMILES string of the molecule is NC(c1nc(-c2cccc(Cl)c2)no1)[C@@H]1CCCN1. The minimum Gasteiger partial charge on any atom is -0.337 e. The zero-order valence-electron chi connectivity index (χ0n) is 10.3. The summed E-state index contributed by atoms with van der Waals surface area (Å²) in [6.07, 6.45) is 2.17. The van der Waals surface area contributed by atoms with E-state index in [0.29, 0.717) is 16.7 Å². The summed E-state index contributed by atoms with van der Waals surface area (Å²) in [5, 5.41) is 7.95. The second kappa shape index (κ2) is 5.28. The summed E-state index contributed by atoms with van der Waals surface area (Å²) in [6, 6.07) is 7.30. The first-order valence-electron chi connectivity index (χ1n) is 6.32. The molecule has 0 saturated carbocycles. The molecule has 3 rings (SSSR count). The molecular weight excluding hydrogens is 264 g/mol. The number of nitrogens with one attached hydrogen (secondary N) is 1. The van der Waals surface area contributed by atoms with Crippen LogP contribution in [0.2, 0.25) is 5.02 Å². The van der Waals surface area contributed by atoms with Crippen molar-refractivity contribution in [2.45, 2.75) is 24.9 Å². The van der Waals surface area contributed by atoms with Gasteiger partial charge >= 0.3 is 0 Å². The molecule has 19 heavy (non-hydrogen) atoms. The second-order valence-electron chi connectivity index (χ2n) is 4.70. The van der Waals surface area contributed by atoms with Crippen molar-refractivity contribution in [3.63, 3.8) is 0 Å². The van der Waals surface area contributed by atoms with Gasteiger partial charge in [-0.25, -0.2) is 0 Å². The molecule has 1 aliphatic heterocycles. The molecule has 2 aromatic rings. The van der Waals surface area contributed by atoms with E-state index in [4.69, 9.17) is 21.9 Å². The third-order valence-electron chi connectivity index (χ3n) is 3.34. The standard InChI is InChI=1S/C13H15ClN4O/c14-9-4-1-3-8(7-9)12-17-13(19-18-12)11(15)10-5-2-6-16-10/h1,3-4,7,10-11,16H,2,5-6,15H2/t10-,11?/m0/s1. The second-order valence-corrected chi connectivity index (χ2v) is 5.13. The van der Waals surface area contributed by atoms with Crippen LogP contribution >= 0.6 is 11.6 Å². The van der Waals surface area contributed by atoms with Gasteiger partial charge in [-0.2, -0.15) is 4.98 Å². The van der Waals surface area contributed by atoms with Crippen LogP contribution in [0.5, 0.6) is 0 Å². The number of nitrogens with two attached hydrogens (primary N) is 1. The molecule has 3 N–H and O–H groups in total. The number of rotatable bonds is 3. The van der Waals surface area contributed by atoms with Gasteiger partial charge in [0.1, 0.15) is 6.04 Å². The van der Waals surface area contributed by atoms with E-state index in [-0.39, 0.29) is 12.1 Å². The number of nitrogens with zero attached hydrogens (tertiary/aromatic N) is 2. The van der Waals surface area contributed by atoms with Gasteiger partial charge in [-0.3, -0.25) is 0 Å². The molecule has 0 bridgehead atoms. The zero-order valence-corrected chi connectivity index (χ0v) is 11.1. The third kappa shape index (κ3) is 2.63. The Bertz CT molecular complexity index is 565. The summed E-state index contributed by atoms with van der Waals surface area (Å²) in [6.45, 7) is 0.994. The van der Waals surface area contributed by atoms with E-state index < -0.39 is 0 Å². The van der Waals surface area contributed by atoms with Gasteiger partial charge in [-0.15, -0.1) is 0 Å². The first-order chi connectivity index (χ1) is 9.24. The highest BCUT2D eigenvalue weighted by molar-refractivity contribution is 6.30. The Balaban J connectivity index is 1.82. The summed E-state index contributed by atoms with van der Waals surface area (Å²) in [4.78, 5) is 4.36. The van der Waals surface area contributed by atoms with Crippen molar-refractivity contribution < 1.29 is 4.52 Å². The van der Waals surface area contributed by atoms with Gasteiger partial charge in [0.25, 0.3) is 0 Å². The minimum absolute atomic E-state index is 0.215. The molecule has 2 heterocycles. The average molecular weight is 279 g/mol. The molecule has 1 aliphatic rings. The molecule has 0 spiro atoms. The van der Waals surface area contributed by atoms with Crippen LogP contribution in [0.1, 0.15) is 24.8 Å². The van der Waals surface area contributed by atoms with Crippen LogP contribution in [0, 0.1) is 0 Å². The minimum atomic E-state index is -0.261. The molecule has 1 saturated heterocycles. The third-order valence-corrected chi connectivity index (χ3v) is 3.58. The molecule has 2 atom stereocenters. The van der Waals surface area contributed by atoms with Crippen LogP contribution in [0.4, 0.5) is 0 Å². The molecule has 1 unspecified atom stereocenters. The van der Waals surface area contributed by atoms with Crippen molar-refractivity contribution in [1.82, 2.24) is 15.5 Å². The smallest absolute Gasteiger partial charge is 0.245 e. The Morgan fingerprint density at radius 3 is 3.11 bits per heavy atom. The topological polar surface area (TPSA) is 77.0 Å². The van der Waals surface area contributed by atoms with Gasteiger partial charge in [0.05, 0.1) is 0 Å². The molecule has 100 valence electrons. The Labute approximate surface area is 116 Å². The first kappa shape index (κ1) is 12.6. The van der Waals surface area contributed by atoms with Crippen molar-refractivity contribution in [3.8, 4) is 11.4 Å². The van der Waals surface area contributed by atoms with E-state index in [0.717, 1.165) is 24.9 Å². The van der Waals surface area contributed by atoms with Gasteiger partial charge in [-0.05, 0) is 31.5 Å². The van der Waals surface area contributed by atoms with Crippen molar-refractivity contribution in [1.29, 1.82) is 0 Å². The van der Waals surface area contributed by atoms with E-state index in [9.17, 15) is 0 Å². The van der Waals surface area contributed by atoms with Crippen LogP contribution in [0.15, 0.2) is 28.8 Å². The fourth-order valence-corrected chi connectivity index (χ4v) is 2.50. The van der Waals surface area contributed by atoms with Crippen molar-refractivity contribution in [2.75, 3.05) is 6.54 Å². The van der Waals surface area contributed by atoms with Crippen molar-refractivity contribution >= 4 is 11.6 Å². The van der Waals surface area contributed by atoms with Gasteiger partial charge in [0, 0.05) is 16.6 Å². The molecule has 0 amide bonds. The quantitative estimate of drug-likeness (QED) is 0.899. The van der Waals surface area contributed by atoms with E-state index in [1.165, 1.54) is 0 Å². The highest BCUT2D eigenvalue weighted by atomic mass is 35.5. The Morgan fingerprint density at radius 1 is 1.47 bits per heavy atom. The van der Waals surface area contributed by atoms with Gasteiger partial charge in [0.2, 0.25) is 11.7 Å². The van der Waals surface area contributed by atoms with Crippen LogP contribution in [-0.4, -0.2) is 22.7 Å². The molecule has 0 aliphatic carbocycles. The lowest BCUT2D eigenvalue weighted by atomic mass is 10.1. The summed E-state index contributed by atoms with van der Waals surface area (Å²) < 4.78 is 5.26. The number of halogens is 1. The Hall–Kier alpha value is -1.43. The van der Waals surface area contributed by atoms with Crippen LogP contribution in [-0.2, 0) is 0 Å². The maximum absolute atomic E-state index is 6.14. The first-order valence-corrected chi connectivity index (χ1v) is 6.70. The largest absolute Gasteiger partial charge is 0.337 e. The van der Waals surface area contributed by atoms with E-state index in [1.54, 1.807) is 12.1 Å². The summed E-state index contributed by atoms with van der Waals surface area (Å²) in [5.74, 6) is 0.986. The summed E-state index contributed by atoms with van der Waals surface area (Å²) >= 11 is 5.95. The Kier molecular flexibility index (Phi) is 3.50. The van der Waals surface area contributed by atoms with Crippen molar-refractivity contribution in [3.05, 3.63) is 35.2 Å². The van der Waals surface area contributed by atoms with E-state index in [1.807, 2.05) is 12.1 Å². The van der Waals surface area contributed by atoms with Gasteiger partial charge in [0.15, 0.2) is 0 Å². The highest BCUT2D eigenvalue weighted by Crippen LogP contribution is 2.24. The molecule has 1 aromatic carbocycles. The molecule has 6 heteroatoms. The number of benzene rings is 1. The molecule has 0 radical (unpaired) electrons. The number of hydrogen-bond acceptors (Lipinski definition) is 5. The highest BCUT2D eigenvalue weighted by Gasteiger charge is 2.27. The predicted octanol–water partition coefficient (Wildman–Crippen LogP) is 2.14. The summed E-state index contributed by atoms with van der Waals surface area (Å²) in [7, 11) is 0. The fourth-order valence-electron chi connectivity index (χ4n) is 2.31. The van der Waals surface area contributed by atoms with Crippen LogP contribution < -0.4 is 11.1 Å². The predicted molar refractivity (Wildman–Crippen MR) is 72.7 cm³/mol. The maximum atomic E-state index is 6.14. The van der Waals surface area contributed by atoms with Crippen LogP contribution in [0.25, 0.3) is 11.4 Å². The van der Waals surface area contributed by atoms with E-state index in [2.05, 4.69) is 15.5 Å². The van der Waals surface area contributed by atoms with Crippen molar-refractivity contribution in [2.24, 2.45) is 5.73 Å². The van der Waals surface area contributed by atoms with E-state index >= 15 is 0 Å². The lowest BCUT2D eigenvalue weighted by Crippen LogP contribution is -2.34. The molecular formula is C13H15ClN4O. The summed E-state index contributed by atoms with van der Waals surface area (Å²) in [5.41, 5.74) is 6.96. The average Bonchev–Trinajstić information content (AvgIpc) is 3.10. The molecule has 5 nitrogen and oxygen atoms in total. The lowest BCUT2D eigenvalue weighted by Gasteiger charge is -2.14.